The normalized spacial score (nSPS) is 16.8. The van der Waals surface area contributed by atoms with Gasteiger partial charge in [0.05, 0.1) is 16.4 Å². The van der Waals surface area contributed by atoms with Gasteiger partial charge in [-0.2, -0.15) is 8.70 Å². The number of nitrogens with one attached hydrogen (secondary N) is 1. The van der Waals surface area contributed by atoms with Gasteiger partial charge in [-0.25, -0.2) is 8.42 Å². The van der Waals surface area contributed by atoms with E-state index in [1.165, 1.54) is 48.5 Å². The first-order valence-electron chi connectivity index (χ1n) is 10.1. The lowest BCUT2D eigenvalue weighted by molar-refractivity contribution is -0.386. The summed E-state index contributed by atoms with van der Waals surface area (Å²) < 4.78 is 41.1. The van der Waals surface area contributed by atoms with E-state index in [-0.39, 0.29) is 16.0 Å². The number of Topliss-reactive ketones (excluding diaryl/α,β-unsaturated/α-hetero) is 2. The van der Waals surface area contributed by atoms with Crippen molar-refractivity contribution in [3.05, 3.63) is 99.9 Å². The quantitative estimate of drug-likeness (QED) is 0.239. The molecule has 1 N–H and O–H groups in total. The molecular weight excluding hydrogens is 481 g/mol. The summed E-state index contributed by atoms with van der Waals surface area (Å²) in [6.07, 6.45) is 0. The summed E-state index contributed by atoms with van der Waals surface area (Å²) in [7, 11) is -4.52. The van der Waals surface area contributed by atoms with Crippen molar-refractivity contribution >= 4 is 38.9 Å². The molecule has 0 aliphatic carbocycles. The van der Waals surface area contributed by atoms with E-state index in [4.69, 9.17) is 0 Å². The lowest BCUT2D eigenvalue weighted by Crippen LogP contribution is -2.55. The molecule has 0 aromatic heterocycles. The van der Waals surface area contributed by atoms with Crippen LogP contribution in [0.4, 0.5) is 15.8 Å². The monoisotopic (exact) mass is 497 g/mol. The van der Waals surface area contributed by atoms with E-state index in [0.717, 1.165) is 18.2 Å². The first-order chi connectivity index (χ1) is 16.6. The van der Waals surface area contributed by atoms with Gasteiger partial charge in [0.2, 0.25) is 21.7 Å². The lowest BCUT2D eigenvalue weighted by atomic mass is 9.96. The molecule has 1 aliphatic heterocycles. The lowest BCUT2D eigenvalue weighted by Gasteiger charge is -2.33. The van der Waals surface area contributed by atoms with Crippen LogP contribution in [0.15, 0.2) is 77.7 Å². The number of carbonyl (C=O) groups excluding carboxylic acids is 3. The van der Waals surface area contributed by atoms with Gasteiger partial charge in [-0.05, 0) is 24.3 Å². The van der Waals surface area contributed by atoms with Crippen molar-refractivity contribution in [2.75, 3.05) is 11.9 Å². The van der Waals surface area contributed by atoms with Gasteiger partial charge in [-0.3, -0.25) is 24.5 Å². The number of hydrogen-bond donors (Lipinski definition) is 1. The van der Waals surface area contributed by atoms with Crippen LogP contribution in [0.1, 0.15) is 20.7 Å². The zero-order valence-corrected chi connectivity index (χ0v) is 18.6. The number of ketones is 2. The van der Waals surface area contributed by atoms with Crippen LogP contribution in [0.2, 0.25) is 0 Å². The zero-order valence-electron chi connectivity index (χ0n) is 17.8. The Balaban J connectivity index is 1.75. The van der Waals surface area contributed by atoms with E-state index >= 15 is 0 Å². The summed E-state index contributed by atoms with van der Waals surface area (Å²) >= 11 is 0. The molecule has 10 nitrogen and oxygen atoms in total. The standard InChI is InChI=1S/C23H16FN3O7S/c24-16-10-6-11-17(20(16)27(31)32)25-19(28)13-26-21(22(29)14-7-2-1-3-8-14)23(30)15-9-4-5-12-18(15)35(26,33)34/h1-12,21H,13H2,(H,25,28). The highest BCUT2D eigenvalue weighted by Gasteiger charge is 2.48. The van der Waals surface area contributed by atoms with Crippen LogP contribution in [0, 0.1) is 15.9 Å². The van der Waals surface area contributed by atoms with E-state index in [1.807, 2.05) is 0 Å². The molecule has 0 saturated carbocycles. The van der Waals surface area contributed by atoms with Crippen LogP contribution in [0.5, 0.6) is 0 Å². The molecule has 1 heterocycles. The largest absolute Gasteiger partial charge is 0.328 e. The second kappa shape index (κ2) is 9.16. The maximum Gasteiger partial charge on any atom is 0.328 e. The fourth-order valence-corrected chi connectivity index (χ4v) is 5.46. The van der Waals surface area contributed by atoms with Gasteiger partial charge in [0.15, 0.2) is 17.6 Å². The van der Waals surface area contributed by atoms with Gasteiger partial charge in [0.1, 0.15) is 5.69 Å². The summed E-state index contributed by atoms with van der Waals surface area (Å²) in [5.74, 6) is -3.99. The molecule has 1 aliphatic rings. The van der Waals surface area contributed by atoms with E-state index in [1.54, 1.807) is 6.07 Å². The topological polar surface area (TPSA) is 144 Å². The van der Waals surface area contributed by atoms with Crippen LogP contribution in [0.25, 0.3) is 0 Å². The van der Waals surface area contributed by atoms with Crippen molar-refractivity contribution in [1.82, 2.24) is 4.31 Å². The minimum atomic E-state index is -4.52. The molecule has 0 fully saturated rings. The molecule has 1 atom stereocenters. The Bertz CT molecular complexity index is 1480. The van der Waals surface area contributed by atoms with Crippen LogP contribution < -0.4 is 5.32 Å². The summed E-state index contributed by atoms with van der Waals surface area (Å²) in [5.41, 5.74) is -1.67. The number of benzene rings is 3. The highest BCUT2D eigenvalue weighted by Crippen LogP contribution is 2.32. The Hall–Kier alpha value is -4.29. The average molecular weight is 497 g/mol. The second-order valence-corrected chi connectivity index (χ2v) is 9.34. The van der Waals surface area contributed by atoms with Crippen molar-refractivity contribution in [3.63, 3.8) is 0 Å². The summed E-state index contributed by atoms with van der Waals surface area (Å²) in [6.45, 7) is -1.03. The molecular formula is C23H16FN3O7S. The zero-order chi connectivity index (χ0) is 25.3. The van der Waals surface area contributed by atoms with Crippen molar-refractivity contribution in [2.45, 2.75) is 10.9 Å². The molecule has 0 bridgehead atoms. The fraction of sp³-hybridized carbons (Fsp3) is 0.0870. The van der Waals surface area contributed by atoms with E-state index < -0.39 is 62.2 Å². The fourth-order valence-electron chi connectivity index (χ4n) is 3.76. The number of para-hydroxylation sites is 1. The number of nitro benzene ring substituents is 1. The molecule has 0 saturated heterocycles. The van der Waals surface area contributed by atoms with Crippen LogP contribution in [0.3, 0.4) is 0 Å². The van der Waals surface area contributed by atoms with Crippen LogP contribution >= 0.6 is 0 Å². The number of amides is 1. The van der Waals surface area contributed by atoms with Gasteiger partial charge in [-0.15, -0.1) is 0 Å². The van der Waals surface area contributed by atoms with Gasteiger partial charge in [-0.1, -0.05) is 48.5 Å². The Kier molecular flexibility index (Phi) is 6.24. The predicted octanol–water partition coefficient (Wildman–Crippen LogP) is 2.81. The SMILES string of the molecule is O=C(CN1C(C(=O)c2ccccc2)C(=O)c2ccccc2S1(=O)=O)Nc1cccc(F)c1[N+](=O)[O-]. The van der Waals surface area contributed by atoms with Gasteiger partial charge >= 0.3 is 5.69 Å². The third-order valence-electron chi connectivity index (χ3n) is 5.33. The number of fused-ring (bicyclic) bond motifs is 1. The summed E-state index contributed by atoms with van der Waals surface area (Å²) in [4.78, 5) is 49.1. The van der Waals surface area contributed by atoms with E-state index in [0.29, 0.717) is 4.31 Å². The number of nitro groups is 1. The Labute approximate surface area is 198 Å². The maximum absolute atomic E-state index is 13.9. The molecule has 0 spiro atoms. The van der Waals surface area contributed by atoms with E-state index in [2.05, 4.69) is 5.32 Å². The van der Waals surface area contributed by atoms with Gasteiger partial charge in [0, 0.05) is 11.1 Å². The summed E-state index contributed by atoms with van der Waals surface area (Å²) in [6, 6.07) is 13.9. The minimum Gasteiger partial charge on any atom is -0.319 e. The molecule has 3 aromatic rings. The first kappa shape index (κ1) is 23.9. The highest BCUT2D eigenvalue weighted by molar-refractivity contribution is 7.89. The molecule has 1 unspecified atom stereocenters. The molecule has 4 rings (SSSR count). The average Bonchev–Trinajstić information content (AvgIpc) is 2.83. The first-order valence-corrected chi connectivity index (χ1v) is 11.5. The second-order valence-electron chi connectivity index (χ2n) is 7.48. The number of halogens is 1. The number of carbonyl (C=O) groups is 3. The molecule has 35 heavy (non-hydrogen) atoms. The Morgan fingerprint density at radius 3 is 2.34 bits per heavy atom. The number of rotatable bonds is 6. The van der Waals surface area contributed by atoms with Crippen molar-refractivity contribution in [2.24, 2.45) is 0 Å². The third kappa shape index (κ3) is 4.32. The number of sulfonamides is 1. The number of anilines is 1. The Morgan fingerprint density at radius 1 is 1.00 bits per heavy atom. The van der Waals surface area contributed by atoms with Crippen LogP contribution in [-0.2, 0) is 14.8 Å². The maximum atomic E-state index is 13.9. The molecule has 178 valence electrons. The smallest absolute Gasteiger partial charge is 0.319 e. The third-order valence-corrected chi connectivity index (χ3v) is 7.19. The molecule has 0 radical (unpaired) electrons. The number of hydrogen-bond acceptors (Lipinski definition) is 7. The van der Waals surface area contributed by atoms with Crippen LogP contribution in [-0.4, -0.2) is 47.7 Å². The van der Waals surface area contributed by atoms with E-state index in [9.17, 15) is 37.3 Å². The van der Waals surface area contributed by atoms with Crippen molar-refractivity contribution < 1.29 is 32.1 Å². The molecule has 3 aromatic carbocycles. The predicted molar refractivity (Wildman–Crippen MR) is 121 cm³/mol. The number of nitrogens with zero attached hydrogens (tertiary/aromatic N) is 2. The van der Waals surface area contributed by atoms with Gasteiger partial charge < -0.3 is 5.32 Å². The summed E-state index contributed by atoms with van der Waals surface area (Å²) in [5, 5.41) is 13.3. The Morgan fingerprint density at radius 2 is 1.66 bits per heavy atom. The highest BCUT2D eigenvalue weighted by atomic mass is 32.2. The van der Waals surface area contributed by atoms with Crippen molar-refractivity contribution in [1.29, 1.82) is 0 Å². The van der Waals surface area contributed by atoms with Crippen molar-refractivity contribution in [3.8, 4) is 0 Å². The molecule has 1 amide bonds. The van der Waals surface area contributed by atoms with Gasteiger partial charge in [0.25, 0.3) is 0 Å². The molecule has 12 heteroatoms. The minimum absolute atomic E-state index is 0.0478.